The number of benzene rings is 1. The van der Waals surface area contributed by atoms with E-state index in [0.29, 0.717) is 23.5 Å². The molecule has 0 bridgehead atoms. The predicted octanol–water partition coefficient (Wildman–Crippen LogP) is 2.44. The second-order valence-corrected chi connectivity index (χ2v) is 5.49. The Labute approximate surface area is 146 Å². The zero-order chi connectivity index (χ0) is 17.0. The normalized spacial score (nSPS) is 10.6. The Kier molecular flexibility index (Phi) is 6.36. The second kappa shape index (κ2) is 7.83. The van der Waals surface area contributed by atoms with Crippen LogP contribution in [-0.4, -0.2) is 28.3 Å². The number of esters is 1. The third-order valence-corrected chi connectivity index (χ3v) is 3.39. The smallest absolute Gasteiger partial charge is 0.333 e. The van der Waals surface area contributed by atoms with Crippen molar-refractivity contribution in [2.24, 2.45) is 0 Å². The van der Waals surface area contributed by atoms with E-state index in [2.05, 4.69) is 10.4 Å². The topological polar surface area (TPSA) is 99.2 Å². The Bertz CT molecular complexity index is 728. The molecule has 0 aliphatic rings. The standard InChI is InChI=1S/C16H20N4O3.ClH/c1-4-23-15(22)16(2,3)20-10-11(9-18-20)19-14(21)12-7-5-6-8-13(12)17;/h5-10H,4,17H2,1-3H3,(H,19,21);1H. The van der Waals surface area contributed by atoms with E-state index in [1.807, 2.05) is 0 Å². The monoisotopic (exact) mass is 352 g/mol. The van der Waals surface area contributed by atoms with Crippen molar-refractivity contribution in [3.63, 3.8) is 0 Å². The molecular weight excluding hydrogens is 332 g/mol. The van der Waals surface area contributed by atoms with Crippen LogP contribution in [0.4, 0.5) is 11.4 Å². The summed E-state index contributed by atoms with van der Waals surface area (Å²) in [7, 11) is 0. The van der Waals surface area contributed by atoms with Gasteiger partial charge in [-0.05, 0) is 32.9 Å². The summed E-state index contributed by atoms with van der Waals surface area (Å²) in [5.74, 6) is -0.732. The first kappa shape index (κ1) is 19.5. The van der Waals surface area contributed by atoms with Gasteiger partial charge < -0.3 is 15.8 Å². The van der Waals surface area contributed by atoms with Crippen molar-refractivity contribution in [3.05, 3.63) is 42.2 Å². The lowest BCUT2D eigenvalue weighted by Gasteiger charge is -2.22. The number of rotatable bonds is 5. The number of ether oxygens (including phenoxy) is 1. The number of para-hydroxylation sites is 1. The number of anilines is 2. The van der Waals surface area contributed by atoms with Gasteiger partial charge in [0, 0.05) is 11.9 Å². The van der Waals surface area contributed by atoms with Crippen LogP contribution in [0, 0.1) is 0 Å². The van der Waals surface area contributed by atoms with Gasteiger partial charge in [-0.15, -0.1) is 12.4 Å². The van der Waals surface area contributed by atoms with Gasteiger partial charge in [-0.2, -0.15) is 5.10 Å². The van der Waals surface area contributed by atoms with Crippen LogP contribution < -0.4 is 11.1 Å². The quantitative estimate of drug-likeness (QED) is 0.636. The number of carbonyl (C=O) groups excluding carboxylic acids is 2. The zero-order valence-electron chi connectivity index (χ0n) is 13.8. The summed E-state index contributed by atoms with van der Waals surface area (Å²) in [6.45, 7) is 5.42. The van der Waals surface area contributed by atoms with Crippen LogP contribution in [0.1, 0.15) is 31.1 Å². The van der Waals surface area contributed by atoms with E-state index in [0.717, 1.165) is 0 Å². The van der Waals surface area contributed by atoms with E-state index in [1.165, 1.54) is 10.9 Å². The average molecular weight is 353 g/mol. The number of aromatic nitrogens is 2. The maximum Gasteiger partial charge on any atom is 0.333 e. The highest BCUT2D eigenvalue weighted by atomic mass is 35.5. The molecule has 1 aromatic heterocycles. The summed E-state index contributed by atoms with van der Waals surface area (Å²) in [5, 5.41) is 6.84. The first-order valence-electron chi connectivity index (χ1n) is 7.24. The molecule has 8 heteroatoms. The maximum atomic E-state index is 12.2. The zero-order valence-corrected chi connectivity index (χ0v) is 14.6. The van der Waals surface area contributed by atoms with Crippen molar-refractivity contribution in [3.8, 4) is 0 Å². The van der Waals surface area contributed by atoms with Gasteiger partial charge in [-0.1, -0.05) is 12.1 Å². The number of nitrogen functional groups attached to an aromatic ring is 1. The molecule has 0 atom stereocenters. The predicted molar refractivity (Wildman–Crippen MR) is 94.2 cm³/mol. The van der Waals surface area contributed by atoms with Crippen molar-refractivity contribution in [1.82, 2.24) is 9.78 Å². The Morgan fingerprint density at radius 3 is 2.62 bits per heavy atom. The first-order valence-corrected chi connectivity index (χ1v) is 7.24. The molecule has 0 fully saturated rings. The lowest BCUT2D eigenvalue weighted by Crippen LogP contribution is -2.37. The number of amides is 1. The molecule has 1 amide bonds. The van der Waals surface area contributed by atoms with Gasteiger partial charge in [0.15, 0.2) is 5.54 Å². The van der Waals surface area contributed by atoms with Crippen LogP contribution in [0.3, 0.4) is 0 Å². The highest BCUT2D eigenvalue weighted by molar-refractivity contribution is 6.07. The largest absolute Gasteiger partial charge is 0.464 e. The van der Waals surface area contributed by atoms with Crippen LogP contribution in [0.15, 0.2) is 36.7 Å². The first-order chi connectivity index (χ1) is 10.9. The van der Waals surface area contributed by atoms with Crippen molar-refractivity contribution in [1.29, 1.82) is 0 Å². The molecule has 2 aromatic rings. The fourth-order valence-electron chi connectivity index (χ4n) is 2.00. The molecule has 0 saturated heterocycles. The average Bonchev–Trinajstić information content (AvgIpc) is 2.97. The molecule has 1 heterocycles. The fourth-order valence-corrected chi connectivity index (χ4v) is 2.00. The highest BCUT2D eigenvalue weighted by Gasteiger charge is 2.32. The summed E-state index contributed by atoms with van der Waals surface area (Å²) in [6, 6.07) is 6.78. The van der Waals surface area contributed by atoms with Gasteiger partial charge in [0.05, 0.1) is 24.1 Å². The molecule has 2 rings (SSSR count). The van der Waals surface area contributed by atoms with Crippen LogP contribution in [0.2, 0.25) is 0 Å². The molecule has 0 radical (unpaired) electrons. The number of hydrogen-bond acceptors (Lipinski definition) is 5. The number of hydrogen-bond donors (Lipinski definition) is 2. The van der Waals surface area contributed by atoms with E-state index >= 15 is 0 Å². The number of nitrogens with one attached hydrogen (secondary N) is 1. The van der Waals surface area contributed by atoms with E-state index in [1.54, 1.807) is 51.2 Å². The Morgan fingerprint density at radius 2 is 2.00 bits per heavy atom. The van der Waals surface area contributed by atoms with Gasteiger partial charge in [-0.3, -0.25) is 9.48 Å². The second-order valence-electron chi connectivity index (χ2n) is 5.49. The Morgan fingerprint density at radius 1 is 1.33 bits per heavy atom. The third kappa shape index (κ3) is 4.05. The molecule has 3 N–H and O–H groups in total. The fraction of sp³-hybridized carbons (Fsp3) is 0.312. The van der Waals surface area contributed by atoms with E-state index < -0.39 is 11.5 Å². The summed E-state index contributed by atoms with van der Waals surface area (Å²) in [4.78, 5) is 24.2. The highest BCUT2D eigenvalue weighted by Crippen LogP contribution is 2.20. The molecule has 1 aromatic carbocycles. The SMILES string of the molecule is CCOC(=O)C(C)(C)n1cc(NC(=O)c2ccccc2N)cn1.Cl. The number of nitrogens with zero attached hydrogens (tertiary/aromatic N) is 2. The molecular formula is C16H21ClN4O3. The summed E-state index contributed by atoms with van der Waals surface area (Å²) >= 11 is 0. The number of carbonyl (C=O) groups is 2. The van der Waals surface area contributed by atoms with Crippen molar-refractivity contribution in [2.45, 2.75) is 26.3 Å². The number of nitrogens with two attached hydrogens (primary N) is 1. The van der Waals surface area contributed by atoms with Crippen LogP contribution in [-0.2, 0) is 15.1 Å². The molecule has 0 aliphatic carbocycles. The minimum absolute atomic E-state index is 0. The molecule has 0 unspecified atom stereocenters. The van der Waals surface area contributed by atoms with Crippen LogP contribution >= 0.6 is 12.4 Å². The van der Waals surface area contributed by atoms with E-state index in [4.69, 9.17) is 10.5 Å². The summed E-state index contributed by atoms with van der Waals surface area (Å²) < 4.78 is 6.49. The van der Waals surface area contributed by atoms with Crippen molar-refractivity contribution < 1.29 is 14.3 Å². The van der Waals surface area contributed by atoms with E-state index in [9.17, 15) is 9.59 Å². The summed E-state index contributed by atoms with van der Waals surface area (Å²) in [6.07, 6.45) is 3.05. The third-order valence-electron chi connectivity index (χ3n) is 3.39. The van der Waals surface area contributed by atoms with Crippen molar-refractivity contribution >= 4 is 35.7 Å². The summed E-state index contributed by atoms with van der Waals surface area (Å²) in [5.41, 5.74) is 6.05. The Hall–Kier alpha value is -2.54. The lowest BCUT2D eigenvalue weighted by atomic mass is 10.1. The molecule has 130 valence electrons. The lowest BCUT2D eigenvalue weighted by molar-refractivity contribution is -0.152. The van der Waals surface area contributed by atoms with Gasteiger partial charge in [0.2, 0.25) is 0 Å². The Balaban J connectivity index is 0.00000288. The maximum absolute atomic E-state index is 12.2. The molecule has 7 nitrogen and oxygen atoms in total. The minimum Gasteiger partial charge on any atom is -0.464 e. The van der Waals surface area contributed by atoms with E-state index in [-0.39, 0.29) is 18.3 Å². The van der Waals surface area contributed by atoms with Gasteiger partial charge in [-0.25, -0.2) is 4.79 Å². The van der Waals surface area contributed by atoms with Crippen LogP contribution in [0.5, 0.6) is 0 Å². The molecule has 0 aliphatic heterocycles. The van der Waals surface area contributed by atoms with Crippen molar-refractivity contribution in [2.75, 3.05) is 17.7 Å². The molecule has 0 saturated carbocycles. The van der Waals surface area contributed by atoms with Gasteiger partial charge >= 0.3 is 5.97 Å². The molecule has 24 heavy (non-hydrogen) atoms. The van der Waals surface area contributed by atoms with Crippen LogP contribution in [0.25, 0.3) is 0 Å². The van der Waals surface area contributed by atoms with Gasteiger partial charge in [0.1, 0.15) is 0 Å². The van der Waals surface area contributed by atoms with Gasteiger partial charge in [0.25, 0.3) is 5.91 Å². The minimum atomic E-state index is -0.967. The number of halogens is 1. The molecule has 0 spiro atoms.